The summed E-state index contributed by atoms with van der Waals surface area (Å²) < 4.78 is 13.2. The second kappa shape index (κ2) is 16.5. The van der Waals surface area contributed by atoms with Crippen LogP contribution in [0.5, 0.6) is 0 Å². The first kappa shape index (κ1) is 41.0. The summed E-state index contributed by atoms with van der Waals surface area (Å²) in [5, 5.41) is 22.0. The number of carbonyl (C=O) groups is 2. The largest absolute Gasteiger partial charge is 0.481 e. The predicted octanol–water partition coefficient (Wildman–Crippen LogP) is 8.75. The topological polar surface area (TPSA) is 99.5 Å². The number of carboxylic acid groups (broad SMARTS) is 2. The van der Waals surface area contributed by atoms with Gasteiger partial charge < -0.3 is 19.7 Å². The van der Waals surface area contributed by atoms with E-state index in [1.807, 2.05) is 9.80 Å². The van der Waals surface area contributed by atoms with Crippen molar-refractivity contribution >= 4 is 11.9 Å². The van der Waals surface area contributed by atoms with E-state index in [1.54, 1.807) is 0 Å². The van der Waals surface area contributed by atoms with Gasteiger partial charge in [0.05, 0.1) is 18.6 Å². The number of carboxylic acids is 2. The van der Waals surface area contributed by atoms with Gasteiger partial charge in [-0.25, -0.2) is 4.79 Å². The highest BCUT2D eigenvalue weighted by atomic mass is 16.5. The number of likely N-dealkylation sites (tertiary alicyclic amines) is 2. The third-order valence-corrected chi connectivity index (χ3v) is 10.9. The van der Waals surface area contributed by atoms with E-state index < -0.39 is 46.2 Å². The van der Waals surface area contributed by atoms with Crippen LogP contribution in [-0.4, -0.2) is 85.2 Å². The summed E-state index contributed by atoms with van der Waals surface area (Å²) in [6.07, 6.45) is 10.9. The standard InChI is InChI=1S/C38H72N2O6/c1-28(2)19-15-13-17-25-45-30-21-23-34(5,6)39(36(30,9)10)38(33(43)44,27-32(41)42)40-35(7,8)24-22-31(37(40,11)12)46-26-18-14-16-20-29(3)4/h28-31H,13-27H2,1-12H3,(H,41,42)(H,43,44). The summed E-state index contributed by atoms with van der Waals surface area (Å²) in [6.45, 7) is 26.8. The molecule has 2 unspecified atom stereocenters. The maximum atomic E-state index is 14.1. The van der Waals surface area contributed by atoms with Crippen molar-refractivity contribution in [2.75, 3.05) is 13.2 Å². The molecule has 0 aliphatic carbocycles. The molecule has 46 heavy (non-hydrogen) atoms. The Kier molecular flexibility index (Phi) is 14.6. The van der Waals surface area contributed by atoms with Crippen LogP contribution in [0.15, 0.2) is 0 Å². The van der Waals surface area contributed by atoms with E-state index >= 15 is 0 Å². The Hall–Kier alpha value is -1.22. The average Bonchev–Trinajstić information content (AvgIpc) is 2.88. The monoisotopic (exact) mass is 653 g/mol. The molecule has 0 aromatic heterocycles. The molecule has 8 nitrogen and oxygen atoms in total. The highest BCUT2D eigenvalue weighted by Crippen LogP contribution is 2.53. The lowest BCUT2D eigenvalue weighted by Gasteiger charge is -2.69. The van der Waals surface area contributed by atoms with E-state index in [-0.39, 0.29) is 12.2 Å². The molecule has 2 N–H and O–H groups in total. The van der Waals surface area contributed by atoms with Crippen molar-refractivity contribution in [3.63, 3.8) is 0 Å². The third kappa shape index (κ3) is 9.69. The van der Waals surface area contributed by atoms with Gasteiger partial charge in [0, 0.05) is 35.4 Å². The number of unbranched alkanes of at least 4 members (excludes halogenated alkanes) is 4. The van der Waals surface area contributed by atoms with E-state index in [0.29, 0.717) is 37.9 Å². The molecule has 0 spiro atoms. The lowest BCUT2D eigenvalue weighted by Crippen LogP contribution is -2.85. The molecular weight excluding hydrogens is 580 g/mol. The first-order valence-electron chi connectivity index (χ1n) is 18.4. The number of aliphatic carboxylic acids is 2. The van der Waals surface area contributed by atoms with Gasteiger partial charge in [-0.3, -0.25) is 14.6 Å². The van der Waals surface area contributed by atoms with Crippen LogP contribution in [0.3, 0.4) is 0 Å². The van der Waals surface area contributed by atoms with Crippen molar-refractivity contribution < 1.29 is 29.3 Å². The van der Waals surface area contributed by atoms with Crippen molar-refractivity contribution in [1.29, 1.82) is 0 Å². The quantitative estimate of drug-likeness (QED) is 0.134. The van der Waals surface area contributed by atoms with Gasteiger partial charge in [-0.05, 0) is 106 Å². The van der Waals surface area contributed by atoms with Crippen molar-refractivity contribution in [3.05, 3.63) is 0 Å². The Morgan fingerprint density at radius 1 is 0.674 bits per heavy atom. The van der Waals surface area contributed by atoms with E-state index in [2.05, 4.69) is 83.1 Å². The average molecular weight is 653 g/mol. The first-order chi connectivity index (χ1) is 21.1. The number of hydrogen-bond donors (Lipinski definition) is 2. The number of piperidine rings is 2. The number of ether oxygens (including phenoxy) is 2. The highest BCUT2D eigenvalue weighted by Gasteiger charge is 2.68. The Morgan fingerprint density at radius 3 is 1.35 bits per heavy atom. The molecule has 2 heterocycles. The molecule has 2 aliphatic heterocycles. The van der Waals surface area contributed by atoms with E-state index in [9.17, 15) is 19.8 Å². The molecule has 8 heteroatoms. The summed E-state index contributed by atoms with van der Waals surface area (Å²) in [5.74, 6) is -0.867. The summed E-state index contributed by atoms with van der Waals surface area (Å²) in [7, 11) is 0. The SMILES string of the molecule is CC(C)CCCCCOC1CCC(C)(C)N(C(CC(=O)O)(C(=O)O)N2C(C)(C)CCC(OCCCCCC(C)C)C2(C)C)C1(C)C. The lowest BCUT2D eigenvalue weighted by molar-refractivity contribution is -0.276. The maximum absolute atomic E-state index is 14.1. The second-order valence-electron chi connectivity index (χ2n) is 17.6. The van der Waals surface area contributed by atoms with Crippen LogP contribution in [0.4, 0.5) is 0 Å². The molecule has 2 atom stereocenters. The molecular formula is C38H72N2O6. The fourth-order valence-electron chi connectivity index (χ4n) is 9.13. The minimum absolute atomic E-state index is 0.230. The fraction of sp³-hybridized carbons (Fsp3) is 0.947. The van der Waals surface area contributed by atoms with Crippen molar-refractivity contribution in [3.8, 4) is 0 Å². The predicted molar refractivity (Wildman–Crippen MR) is 187 cm³/mol. The summed E-state index contributed by atoms with van der Waals surface area (Å²) in [5.41, 5.74) is -4.58. The Bertz CT molecular complexity index is 912. The van der Waals surface area contributed by atoms with E-state index in [1.165, 1.54) is 25.7 Å². The van der Waals surface area contributed by atoms with Gasteiger partial charge in [-0.15, -0.1) is 0 Å². The molecule has 0 aromatic carbocycles. The van der Waals surface area contributed by atoms with Gasteiger partial charge in [0.1, 0.15) is 0 Å². The zero-order chi connectivity index (χ0) is 35.1. The molecule has 0 saturated carbocycles. The van der Waals surface area contributed by atoms with Crippen LogP contribution in [0.25, 0.3) is 0 Å². The maximum Gasteiger partial charge on any atom is 0.340 e. The summed E-state index contributed by atoms with van der Waals surface area (Å²) >= 11 is 0. The minimum Gasteiger partial charge on any atom is -0.481 e. The number of hydrogen-bond acceptors (Lipinski definition) is 6. The Morgan fingerprint density at radius 2 is 1.04 bits per heavy atom. The molecule has 2 rings (SSSR count). The molecule has 0 radical (unpaired) electrons. The van der Waals surface area contributed by atoms with E-state index in [0.717, 1.165) is 38.5 Å². The smallest absolute Gasteiger partial charge is 0.340 e. The second-order valence-corrected chi connectivity index (χ2v) is 17.6. The van der Waals surface area contributed by atoms with Gasteiger partial charge in [0.25, 0.3) is 0 Å². The van der Waals surface area contributed by atoms with Crippen LogP contribution in [0, 0.1) is 11.8 Å². The zero-order valence-corrected chi connectivity index (χ0v) is 31.8. The lowest BCUT2D eigenvalue weighted by atomic mass is 9.69. The first-order valence-corrected chi connectivity index (χ1v) is 18.4. The molecule has 0 aromatic rings. The van der Waals surface area contributed by atoms with Gasteiger partial charge in [0.15, 0.2) is 5.66 Å². The number of rotatable bonds is 19. The van der Waals surface area contributed by atoms with Gasteiger partial charge in [0.2, 0.25) is 0 Å². The molecule has 0 bridgehead atoms. The van der Waals surface area contributed by atoms with Gasteiger partial charge in [-0.2, -0.15) is 0 Å². The molecule has 2 aliphatic rings. The molecule has 2 fully saturated rings. The fourth-order valence-corrected chi connectivity index (χ4v) is 9.13. The third-order valence-electron chi connectivity index (χ3n) is 10.9. The van der Waals surface area contributed by atoms with E-state index in [4.69, 9.17) is 9.47 Å². The minimum atomic E-state index is -1.84. The van der Waals surface area contributed by atoms with Crippen LogP contribution in [-0.2, 0) is 19.1 Å². The van der Waals surface area contributed by atoms with Crippen LogP contribution < -0.4 is 0 Å². The van der Waals surface area contributed by atoms with Crippen LogP contribution in [0.1, 0.15) is 167 Å². The van der Waals surface area contributed by atoms with Crippen molar-refractivity contribution in [2.45, 2.75) is 207 Å². The normalized spacial score (nSPS) is 25.9. The Balaban J connectivity index is 2.52. The summed E-state index contributed by atoms with van der Waals surface area (Å²) in [6, 6.07) is 0. The van der Waals surface area contributed by atoms with Crippen molar-refractivity contribution in [1.82, 2.24) is 9.80 Å². The van der Waals surface area contributed by atoms with Crippen LogP contribution in [0.2, 0.25) is 0 Å². The molecule has 2 saturated heterocycles. The molecule has 0 amide bonds. The molecule has 270 valence electrons. The highest BCUT2D eigenvalue weighted by molar-refractivity contribution is 5.85. The van der Waals surface area contributed by atoms with Crippen molar-refractivity contribution in [2.24, 2.45) is 11.8 Å². The Labute approximate surface area is 282 Å². The van der Waals surface area contributed by atoms with Crippen LogP contribution >= 0.6 is 0 Å². The van der Waals surface area contributed by atoms with Gasteiger partial charge >= 0.3 is 11.9 Å². The summed E-state index contributed by atoms with van der Waals surface area (Å²) in [4.78, 5) is 31.0. The number of nitrogens with zero attached hydrogens (tertiary/aromatic N) is 2. The van der Waals surface area contributed by atoms with Gasteiger partial charge in [-0.1, -0.05) is 66.2 Å². The zero-order valence-electron chi connectivity index (χ0n) is 31.8.